The third-order valence-electron chi connectivity index (χ3n) is 2.92. The van der Waals surface area contributed by atoms with E-state index in [2.05, 4.69) is 10.2 Å². The Balaban J connectivity index is 2.15. The Labute approximate surface area is 106 Å². The van der Waals surface area contributed by atoms with E-state index in [1.807, 2.05) is 12.1 Å². The van der Waals surface area contributed by atoms with Crippen LogP contribution in [0.1, 0.15) is 0 Å². The van der Waals surface area contributed by atoms with E-state index in [-0.39, 0.29) is 0 Å². The topological polar surface area (TPSA) is 71.8 Å². The highest BCUT2D eigenvalue weighted by Gasteiger charge is 2.15. The van der Waals surface area contributed by atoms with Gasteiger partial charge in [0.1, 0.15) is 0 Å². The van der Waals surface area contributed by atoms with Gasteiger partial charge in [-0.25, -0.2) is 0 Å². The molecule has 1 N–H and O–H groups in total. The molecule has 19 heavy (non-hydrogen) atoms. The Morgan fingerprint density at radius 3 is 2.68 bits per heavy atom. The molecule has 1 heterocycles. The predicted molar refractivity (Wildman–Crippen MR) is 68.1 cm³/mol. The lowest BCUT2D eigenvalue weighted by molar-refractivity contribution is -0.387. The van der Waals surface area contributed by atoms with Crippen molar-refractivity contribution in [1.82, 2.24) is 10.2 Å². The second kappa shape index (κ2) is 4.16. The molecule has 0 amide bonds. The van der Waals surface area contributed by atoms with Crippen molar-refractivity contribution in [3.8, 4) is 11.1 Å². The summed E-state index contributed by atoms with van der Waals surface area (Å²) < 4.78 is 13.3. The Kier molecular flexibility index (Phi) is 2.49. The number of hydrogen-bond donors (Lipinski definition) is 1. The zero-order chi connectivity index (χ0) is 13.4. The number of nitro benzene ring substituents is 1. The summed E-state index contributed by atoms with van der Waals surface area (Å²) in [6, 6.07) is 9.33. The minimum Gasteiger partial charge on any atom is -0.278 e. The summed E-state index contributed by atoms with van der Waals surface area (Å²) in [5, 5.41) is 18.3. The molecule has 0 aliphatic heterocycles. The van der Waals surface area contributed by atoms with Crippen LogP contribution >= 0.6 is 0 Å². The largest absolute Gasteiger partial charge is 0.305 e. The maximum atomic E-state index is 13.3. The van der Waals surface area contributed by atoms with Gasteiger partial charge in [-0.3, -0.25) is 15.2 Å². The Morgan fingerprint density at radius 2 is 1.89 bits per heavy atom. The molecule has 0 aliphatic carbocycles. The monoisotopic (exact) mass is 257 g/mol. The van der Waals surface area contributed by atoms with Crippen LogP contribution in [0.15, 0.2) is 42.6 Å². The van der Waals surface area contributed by atoms with Gasteiger partial charge >= 0.3 is 5.69 Å². The molecule has 5 nitrogen and oxygen atoms in total. The maximum absolute atomic E-state index is 13.3. The molecule has 0 aliphatic rings. The normalized spacial score (nSPS) is 10.8. The highest BCUT2D eigenvalue weighted by molar-refractivity contribution is 5.84. The molecule has 2 aromatic carbocycles. The highest BCUT2D eigenvalue weighted by atomic mass is 19.1. The molecular weight excluding hydrogens is 249 g/mol. The Morgan fingerprint density at radius 1 is 1.16 bits per heavy atom. The minimum absolute atomic E-state index is 0.523. The molecule has 0 saturated carbocycles. The first kappa shape index (κ1) is 11.3. The van der Waals surface area contributed by atoms with Crippen molar-refractivity contribution in [3.05, 3.63) is 58.5 Å². The fraction of sp³-hybridized carbons (Fsp3) is 0. The summed E-state index contributed by atoms with van der Waals surface area (Å²) in [7, 11) is 0. The van der Waals surface area contributed by atoms with E-state index in [9.17, 15) is 14.5 Å². The van der Waals surface area contributed by atoms with E-state index < -0.39 is 16.4 Å². The van der Waals surface area contributed by atoms with Crippen LogP contribution in [0, 0.1) is 15.9 Å². The van der Waals surface area contributed by atoms with Crippen molar-refractivity contribution in [2.24, 2.45) is 0 Å². The predicted octanol–water partition coefficient (Wildman–Crippen LogP) is 3.28. The third-order valence-corrected chi connectivity index (χ3v) is 2.92. The summed E-state index contributed by atoms with van der Waals surface area (Å²) in [4.78, 5) is 10.00. The van der Waals surface area contributed by atoms with Crippen LogP contribution in [0.3, 0.4) is 0 Å². The van der Waals surface area contributed by atoms with Gasteiger partial charge in [0.05, 0.1) is 16.6 Å². The molecular formula is C13H8FN3O2. The van der Waals surface area contributed by atoms with Gasteiger partial charge in [0.2, 0.25) is 5.82 Å². The number of nitrogens with one attached hydrogen (secondary N) is 1. The van der Waals surface area contributed by atoms with Gasteiger partial charge in [-0.1, -0.05) is 12.1 Å². The van der Waals surface area contributed by atoms with Crippen LogP contribution in [0.25, 0.3) is 22.0 Å². The molecule has 0 bridgehead atoms. The lowest BCUT2D eigenvalue weighted by Gasteiger charge is -2.02. The number of fused-ring (bicyclic) bond motifs is 1. The van der Waals surface area contributed by atoms with E-state index in [1.165, 1.54) is 12.1 Å². The lowest BCUT2D eigenvalue weighted by atomic mass is 10.0. The smallest absolute Gasteiger partial charge is 0.278 e. The van der Waals surface area contributed by atoms with Crippen LogP contribution in [0.4, 0.5) is 10.1 Å². The zero-order valence-electron chi connectivity index (χ0n) is 9.63. The van der Waals surface area contributed by atoms with E-state index in [1.54, 1.807) is 12.3 Å². The molecule has 0 spiro atoms. The first-order valence-corrected chi connectivity index (χ1v) is 5.52. The van der Waals surface area contributed by atoms with Crippen molar-refractivity contribution in [2.45, 2.75) is 0 Å². The summed E-state index contributed by atoms with van der Waals surface area (Å²) in [6.45, 7) is 0. The number of benzene rings is 2. The zero-order valence-corrected chi connectivity index (χ0v) is 9.63. The highest BCUT2D eigenvalue weighted by Crippen LogP contribution is 2.28. The molecule has 0 unspecified atom stereocenters. The molecule has 6 heteroatoms. The standard InChI is InChI=1S/C13H8FN3O2/c14-11-3-1-9(6-13(11)17(18)19)8-2-4-12-10(5-8)7-15-16-12/h1-7H,(H,15,16). The van der Waals surface area contributed by atoms with Crippen LogP contribution in [-0.2, 0) is 0 Å². The van der Waals surface area contributed by atoms with Crippen molar-refractivity contribution in [2.75, 3.05) is 0 Å². The molecule has 3 rings (SSSR count). The fourth-order valence-corrected chi connectivity index (χ4v) is 1.95. The second-order valence-corrected chi connectivity index (χ2v) is 4.10. The number of rotatable bonds is 2. The van der Waals surface area contributed by atoms with Gasteiger partial charge in [0.25, 0.3) is 0 Å². The molecule has 0 atom stereocenters. The Hall–Kier alpha value is -2.76. The molecule has 0 saturated heterocycles. The molecule has 1 aromatic heterocycles. The number of H-pyrrole nitrogens is 1. The van der Waals surface area contributed by atoms with Gasteiger partial charge in [-0.15, -0.1) is 0 Å². The van der Waals surface area contributed by atoms with Crippen LogP contribution < -0.4 is 0 Å². The van der Waals surface area contributed by atoms with Crippen molar-refractivity contribution >= 4 is 16.6 Å². The van der Waals surface area contributed by atoms with Crippen LogP contribution in [-0.4, -0.2) is 15.1 Å². The van der Waals surface area contributed by atoms with Gasteiger partial charge in [-0.05, 0) is 29.3 Å². The van der Waals surface area contributed by atoms with Gasteiger partial charge < -0.3 is 0 Å². The molecule has 0 radical (unpaired) electrons. The minimum atomic E-state index is -0.835. The number of halogens is 1. The van der Waals surface area contributed by atoms with Crippen LogP contribution in [0.2, 0.25) is 0 Å². The molecule has 3 aromatic rings. The number of aromatic nitrogens is 2. The first-order chi connectivity index (χ1) is 9.15. The van der Waals surface area contributed by atoms with E-state index in [0.29, 0.717) is 5.56 Å². The second-order valence-electron chi connectivity index (χ2n) is 4.10. The SMILES string of the molecule is O=[N+]([O-])c1cc(-c2ccc3[nH]ncc3c2)ccc1F. The van der Waals surface area contributed by atoms with Gasteiger partial charge in [-0.2, -0.15) is 9.49 Å². The molecule has 0 fully saturated rings. The summed E-state index contributed by atoms with van der Waals surface area (Å²) >= 11 is 0. The van der Waals surface area contributed by atoms with Crippen molar-refractivity contribution < 1.29 is 9.31 Å². The third kappa shape index (κ3) is 1.93. The van der Waals surface area contributed by atoms with E-state index in [0.717, 1.165) is 22.5 Å². The van der Waals surface area contributed by atoms with Gasteiger partial charge in [0, 0.05) is 11.5 Å². The first-order valence-electron chi connectivity index (χ1n) is 5.52. The van der Waals surface area contributed by atoms with Crippen molar-refractivity contribution in [3.63, 3.8) is 0 Å². The average molecular weight is 257 g/mol. The Bertz CT molecular complexity index is 782. The van der Waals surface area contributed by atoms with E-state index in [4.69, 9.17) is 0 Å². The van der Waals surface area contributed by atoms with E-state index >= 15 is 0 Å². The quantitative estimate of drug-likeness (QED) is 0.565. The van der Waals surface area contributed by atoms with Crippen molar-refractivity contribution in [1.29, 1.82) is 0 Å². The fourth-order valence-electron chi connectivity index (χ4n) is 1.95. The van der Waals surface area contributed by atoms with Crippen LogP contribution in [0.5, 0.6) is 0 Å². The number of nitro groups is 1. The number of aromatic amines is 1. The number of nitrogens with zero attached hydrogens (tertiary/aromatic N) is 2. The summed E-state index contributed by atoms with van der Waals surface area (Å²) in [5.74, 6) is -0.835. The van der Waals surface area contributed by atoms with Gasteiger partial charge in [0.15, 0.2) is 0 Å². The lowest BCUT2D eigenvalue weighted by Crippen LogP contribution is -1.92. The summed E-state index contributed by atoms with van der Waals surface area (Å²) in [6.07, 6.45) is 1.66. The average Bonchev–Trinajstić information content (AvgIpc) is 2.86. The number of hydrogen-bond acceptors (Lipinski definition) is 3. The maximum Gasteiger partial charge on any atom is 0.305 e. The summed E-state index contributed by atoms with van der Waals surface area (Å²) in [5.41, 5.74) is 1.72. The molecule has 94 valence electrons.